The predicted molar refractivity (Wildman–Crippen MR) is 211 cm³/mol. The Morgan fingerprint density at radius 2 is 0.750 bits per heavy atom. The van der Waals surface area contributed by atoms with E-state index in [1.807, 2.05) is 6.08 Å². The van der Waals surface area contributed by atoms with Crippen molar-refractivity contribution in [2.45, 2.75) is 194 Å². The van der Waals surface area contributed by atoms with E-state index >= 15 is 0 Å². The normalized spacial score (nSPS) is 12.9. The van der Waals surface area contributed by atoms with Crippen molar-refractivity contribution in [2.24, 2.45) is 0 Å². The van der Waals surface area contributed by atoms with Crippen LogP contribution < -0.4 is 0 Å². The van der Waals surface area contributed by atoms with Gasteiger partial charge in [0.05, 0.1) is 5.56 Å². The summed E-state index contributed by atoms with van der Waals surface area (Å²) < 4.78 is 1.32. The van der Waals surface area contributed by atoms with E-state index in [9.17, 15) is 5.53 Å². The van der Waals surface area contributed by atoms with Crippen molar-refractivity contribution in [1.82, 2.24) is 0 Å². The summed E-state index contributed by atoms with van der Waals surface area (Å²) in [5, 5.41) is 0. The molecule has 3 rings (SSSR count). The van der Waals surface area contributed by atoms with Gasteiger partial charge in [0.1, 0.15) is 0 Å². The topological polar surface area (TPSA) is 25.3 Å². The molecule has 0 aromatic heterocycles. The quantitative estimate of drug-likeness (QED) is 0.0572. The monoisotopic (exact) mass is 653 g/mol. The molecule has 1 heterocycles. The standard InChI is InChI=1S/C46H72N2/c1-3-5-7-9-11-13-15-17-19-21-23-25-27-29-41-31-33-43(34-32-41)37-40-45-46(48(45)47)44-38-35-42(36-39-44)30-28-26-24-22-20-18-16-14-12-10-8-6-4-2/h31-40H,3-30H2,1-2H3. The third-order valence-electron chi connectivity index (χ3n) is 10.4. The molecular formula is C46H72N2. The second-order valence-corrected chi connectivity index (χ2v) is 14.8. The van der Waals surface area contributed by atoms with Gasteiger partial charge in [-0.1, -0.05) is 204 Å². The number of unbranched alkanes of at least 4 members (excludes halogenated alkanes) is 24. The molecule has 2 aromatic carbocycles. The van der Waals surface area contributed by atoms with Crippen molar-refractivity contribution < 1.29 is 4.70 Å². The number of hydrogen-bond acceptors (Lipinski definition) is 0. The van der Waals surface area contributed by atoms with E-state index in [1.165, 1.54) is 195 Å². The van der Waals surface area contributed by atoms with Gasteiger partial charge in [0.15, 0.2) is 0 Å². The van der Waals surface area contributed by atoms with Crippen LogP contribution in [-0.2, 0) is 12.8 Å². The third-order valence-corrected chi connectivity index (χ3v) is 10.4. The zero-order valence-electron chi connectivity index (χ0n) is 31.5. The SMILES string of the molecule is CCCCCCCCCCCCCCCc1ccc(C=CC2=C(c3ccc(CCCCCCCCCCCCCCC)cc3)[N+]2=[N-])cc1. The maximum absolute atomic E-state index is 10.4. The summed E-state index contributed by atoms with van der Waals surface area (Å²) in [4.78, 5) is 0. The van der Waals surface area contributed by atoms with E-state index in [1.54, 1.807) is 0 Å². The van der Waals surface area contributed by atoms with Gasteiger partial charge >= 0.3 is 0 Å². The number of rotatable bonds is 31. The predicted octanol–water partition coefficient (Wildman–Crippen LogP) is 15.4. The molecule has 2 nitrogen and oxygen atoms in total. The van der Waals surface area contributed by atoms with E-state index < -0.39 is 0 Å². The Bertz CT molecular complexity index is 1150. The van der Waals surface area contributed by atoms with Crippen molar-refractivity contribution in [2.75, 3.05) is 0 Å². The van der Waals surface area contributed by atoms with Gasteiger partial charge < -0.3 is 5.53 Å². The minimum absolute atomic E-state index is 0.898. The molecule has 0 atom stereocenters. The zero-order chi connectivity index (χ0) is 33.9. The Morgan fingerprint density at radius 1 is 0.417 bits per heavy atom. The highest BCUT2D eigenvalue weighted by Crippen LogP contribution is 2.37. The van der Waals surface area contributed by atoms with Gasteiger partial charge in [-0.25, -0.2) is 4.70 Å². The maximum Gasteiger partial charge on any atom is 0.279 e. The molecular weight excluding hydrogens is 581 g/mol. The van der Waals surface area contributed by atoms with E-state index in [2.05, 4.69) is 68.5 Å². The van der Waals surface area contributed by atoms with Crippen LogP contribution in [0.2, 0.25) is 0 Å². The van der Waals surface area contributed by atoms with Crippen molar-refractivity contribution >= 4 is 11.8 Å². The molecule has 0 bridgehead atoms. The van der Waals surface area contributed by atoms with Crippen molar-refractivity contribution in [3.8, 4) is 0 Å². The Hall–Kier alpha value is -2.48. The summed E-state index contributed by atoms with van der Waals surface area (Å²) >= 11 is 0. The molecule has 0 fully saturated rings. The fourth-order valence-electron chi connectivity index (χ4n) is 7.08. The molecule has 0 spiro atoms. The highest BCUT2D eigenvalue weighted by molar-refractivity contribution is 5.73. The van der Waals surface area contributed by atoms with Crippen LogP contribution in [0, 0.1) is 0 Å². The summed E-state index contributed by atoms with van der Waals surface area (Å²) in [7, 11) is 0. The number of allylic oxidation sites excluding steroid dienone is 1. The van der Waals surface area contributed by atoms with Gasteiger partial charge in [0, 0.05) is 6.08 Å². The molecule has 0 unspecified atom stereocenters. The van der Waals surface area contributed by atoms with Crippen LogP contribution in [0.3, 0.4) is 0 Å². The molecule has 2 aromatic rings. The molecule has 266 valence electrons. The number of benzene rings is 2. The fraction of sp³-hybridized carbons (Fsp3) is 0.652. The van der Waals surface area contributed by atoms with Crippen LogP contribution in [-0.4, -0.2) is 4.70 Å². The Morgan fingerprint density at radius 3 is 1.12 bits per heavy atom. The number of hydrogen-bond donors (Lipinski definition) is 0. The lowest BCUT2D eigenvalue weighted by Gasteiger charge is -2.04. The minimum atomic E-state index is 0.898. The average Bonchev–Trinajstić information content (AvgIpc) is 3.77. The lowest BCUT2D eigenvalue weighted by atomic mass is 10.0. The second kappa shape index (κ2) is 26.4. The molecule has 2 heteroatoms. The first-order chi connectivity index (χ1) is 23.7. The molecule has 0 N–H and O–H groups in total. The lowest BCUT2D eigenvalue weighted by Crippen LogP contribution is -1.88. The third kappa shape index (κ3) is 17.8. The Kier molecular flexibility index (Phi) is 22.0. The smallest absolute Gasteiger partial charge is 0.279 e. The van der Waals surface area contributed by atoms with Gasteiger partial charge in [-0.3, -0.25) is 0 Å². The van der Waals surface area contributed by atoms with Crippen molar-refractivity contribution in [1.29, 1.82) is 0 Å². The van der Waals surface area contributed by atoms with E-state index in [-0.39, 0.29) is 0 Å². The van der Waals surface area contributed by atoms with E-state index in [4.69, 9.17) is 0 Å². The Balaban J connectivity index is 1.22. The lowest BCUT2D eigenvalue weighted by molar-refractivity contribution is -0.310. The highest BCUT2D eigenvalue weighted by Gasteiger charge is 2.36. The van der Waals surface area contributed by atoms with Crippen LogP contribution >= 0.6 is 0 Å². The van der Waals surface area contributed by atoms with Crippen LogP contribution in [0.15, 0.2) is 60.3 Å². The molecule has 0 saturated heterocycles. The molecule has 0 radical (unpaired) electrons. The fourth-order valence-corrected chi connectivity index (χ4v) is 7.08. The number of aryl methyl sites for hydroxylation is 2. The van der Waals surface area contributed by atoms with Gasteiger partial charge in [-0.15, -0.1) is 0 Å². The molecule has 0 aliphatic carbocycles. The van der Waals surface area contributed by atoms with E-state index in [0.717, 1.165) is 23.4 Å². The van der Waals surface area contributed by atoms with Crippen LogP contribution in [0.5, 0.6) is 0 Å². The first-order valence-electron chi connectivity index (χ1n) is 20.8. The van der Waals surface area contributed by atoms with Gasteiger partial charge in [0.2, 0.25) is 0 Å². The summed E-state index contributed by atoms with van der Waals surface area (Å²) in [6, 6.07) is 17.8. The zero-order valence-corrected chi connectivity index (χ0v) is 31.5. The Labute approximate surface area is 297 Å². The van der Waals surface area contributed by atoms with Crippen LogP contribution in [0.1, 0.15) is 203 Å². The average molecular weight is 653 g/mol. The van der Waals surface area contributed by atoms with Gasteiger partial charge in [0.25, 0.3) is 11.4 Å². The first kappa shape index (κ1) is 40.0. The van der Waals surface area contributed by atoms with Gasteiger partial charge in [-0.2, -0.15) is 0 Å². The van der Waals surface area contributed by atoms with Gasteiger partial charge in [-0.05, 0) is 60.6 Å². The van der Waals surface area contributed by atoms with Crippen LogP contribution in [0.25, 0.3) is 17.3 Å². The number of nitrogens with zero attached hydrogens (tertiary/aromatic N) is 2. The molecule has 1 aliphatic heterocycles. The summed E-state index contributed by atoms with van der Waals surface area (Å²) in [5.74, 6) is 0. The summed E-state index contributed by atoms with van der Waals surface area (Å²) in [6.07, 6.45) is 42.9. The first-order valence-corrected chi connectivity index (χ1v) is 20.8. The van der Waals surface area contributed by atoms with Crippen molar-refractivity contribution in [3.63, 3.8) is 0 Å². The molecule has 0 saturated carbocycles. The largest absolute Gasteiger partial charge is 0.493 e. The molecule has 1 aliphatic rings. The molecule has 0 amide bonds. The minimum Gasteiger partial charge on any atom is -0.493 e. The van der Waals surface area contributed by atoms with Crippen LogP contribution in [0.4, 0.5) is 0 Å². The summed E-state index contributed by atoms with van der Waals surface area (Å²) in [6.45, 7) is 4.59. The maximum atomic E-state index is 10.4. The highest BCUT2D eigenvalue weighted by atomic mass is 15.3. The second-order valence-electron chi connectivity index (χ2n) is 14.8. The summed E-state index contributed by atoms with van der Waals surface area (Å²) in [5.41, 5.74) is 17.4. The van der Waals surface area contributed by atoms with E-state index in [0.29, 0.717) is 0 Å². The molecule has 48 heavy (non-hydrogen) atoms. The van der Waals surface area contributed by atoms with Crippen molar-refractivity contribution in [3.05, 3.63) is 88.1 Å².